The second-order valence-electron chi connectivity index (χ2n) is 2.02. The minimum absolute atomic E-state index is 0.0547. The summed E-state index contributed by atoms with van der Waals surface area (Å²) in [4.78, 5) is 31.2. The Morgan fingerprint density at radius 1 is 1.36 bits per heavy atom. The first-order valence-electron chi connectivity index (χ1n) is 2.94. The number of amides is 3. The molecule has 0 aromatic carbocycles. The van der Waals surface area contributed by atoms with E-state index in [9.17, 15) is 19.5 Å². The van der Waals surface area contributed by atoms with Crippen LogP contribution in [0.2, 0.25) is 0 Å². The molecule has 0 radical (unpaired) electrons. The number of carbonyl (C=O) groups is 3. The zero-order chi connectivity index (χ0) is 8.43. The summed E-state index contributed by atoms with van der Waals surface area (Å²) in [5.74, 6) is -1.08. The zero-order valence-electron chi connectivity index (χ0n) is 5.49. The molecule has 0 saturated carbocycles. The maximum Gasteiger partial charge on any atom is 0.248 e. The average Bonchev–Trinajstić information content (AvgIpc) is 2.18. The van der Waals surface area contributed by atoms with E-state index in [0.717, 1.165) is 0 Å². The highest BCUT2D eigenvalue weighted by Crippen LogP contribution is 2.07. The van der Waals surface area contributed by atoms with Crippen LogP contribution in [0.5, 0.6) is 0 Å². The fraction of sp³-hybridized carbons (Fsp3) is 0.400. The molecule has 60 valence electrons. The lowest BCUT2D eigenvalue weighted by Crippen LogP contribution is -2.50. The lowest BCUT2D eigenvalue weighted by Gasteiger charge is -2.15. The average molecular weight is 157 g/mol. The molecule has 1 fully saturated rings. The lowest BCUT2D eigenvalue weighted by molar-refractivity contribution is -0.255. The maximum atomic E-state index is 10.7. The number of hydrogen-bond donors (Lipinski definition) is 1. The van der Waals surface area contributed by atoms with Crippen LogP contribution in [0, 0.1) is 0 Å². The molecule has 1 N–H and O–H groups in total. The van der Waals surface area contributed by atoms with Gasteiger partial charge in [-0.25, -0.2) is 0 Å². The van der Waals surface area contributed by atoms with Crippen molar-refractivity contribution in [1.29, 1.82) is 0 Å². The van der Waals surface area contributed by atoms with Crippen LogP contribution in [0.1, 0.15) is 12.8 Å². The molecule has 1 aliphatic heterocycles. The molecule has 6 heteroatoms. The second kappa shape index (κ2) is 2.57. The molecule has 0 bridgehead atoms. The van der Waals surface area contributed by atoms with Crippen LogP contribution in [0.4, 0.5) is 4.79 Å². The number of rotatable bonds is 1. The van der Waals surface area contributed by atoms with Gasteiger partial charge in [0.1, 0.15) is 0 Å². The Kier molecular flexibility index (Phi) is 1.75. The van der Waals surface area contributed by atoms with Crippen LogP contribution in [0.25, 0.3) is 0 Å². The maximum absolute atomic E-state index is 10.7. The summed E-state index contributed by atoms with van der Waals surface area (Å²) in [6.45, 7) is 0. The van der Waals surface area contributed by atoms with E-state index in [4.69, 9.17) is 0 Å². The molecule has 0 unspecified atom stereocenters. The second-order valence-corrected chi connectivity index (χ2v) is 2.02. The summed E-state index contributed by atoms with van der Waals surface area (Å²) in [5, 5.41) is 10.3. The fourth-order valence-corrected chi connectivity index (χ4v) is 0.793. The molecule has 0 spiro atoms. The third-order valence-electron chi connectivity index (χ3n) is 1.25. The van der Waals surface area contributed by atoms with E-state index in [0.29, 0.717) is 5.01 Å². The number of carboxylic acid groups (broad SMARTS) is 1. The van der Waals surface area contributed by atoms with Crippen molar-refractivity contribution in [3.8, 4) is 0 Å². The molecule has 11 heavy (non-hydrogen) atoms. The van der Waals surface area contributed by atoms with E-state index in [1.807, 2.05) is 0 Å². The van der Waals surface area contributed by atoms with Crippen LogP contribution in [0.3, 0.4) is 0 Å². The molecule has 1 rings (SSSR count). The molecule has 6 nitrogen and oxygen atoms in total. The molecule has 0 aliphatic carbocycles. The van der Waals surface area contributed by atoms with Gasteiger partial charge in [-0.3, -0.25) is 15.0 Å². The van der Waals surface area contributed by atoms with E-state index in [1.54, 1.807) is 5.43 Å². The van der Waals surface area contributed by atoms with Gasteiger partial charge in [0, 0.05) is 12.8 Å². The van der Waals surface area contributed by atoms with E-state index in [-0.39, 0.29) is 12.8 Å². The van der Waals surface area contributed by atoms with Gasteiger partial charge < -0.3 is 9.90 Å². The Bertz CT molecular complexity index is 209. The minimum Gasteiger partial charge on any atom is -0.529 e. The van der Waals surface area contributed by atoms with Crippen LogP contribution in [-0.2, 0) is 9.59 Å². The Morgan fingerprint density at radius 3 is 2.18 bits per heavy atom. The Morgan fingerprint density at radius 2 is 1.82 bits per heavy atom. The predicted molar refractivity (Wildman–Crippen MR) is 29.6 cm³/mol. The Labute approximate surface area is 61.8 Å². The van der Waals surface area contributed by atoms with E-state index in [2.05, 4.69) is 0 Å². The third-order valence-corrected chi connectivity index (χ3v) is 1.25. The van der Waals surface area contributed by atoms with E-state index in [1.165, 1.54) is 0 Å². The largest absolute Gasteiger partial charge is 0.529 e. The monoisotopic (exact) mass is 157 g/mol. The van der Waals surface area contributed by atoms with Gasteiger partial charge in [0.05, 0.1) is 0 Å². The number of hydrazine groups is 1. The third kappa shape index (κ3) is 1.46. The number of nitrogens with one attached hydrogen (secondary N) is 1. The van der Waals surface area contributed by atoms with Crippen molar-refractivity contribution in [2.24, 2.45) is 0 Å². The van der Waals surface area contributed by atoms with Crippen molar-refractivity contribution in [1.82, 2.24) is 10.4 Å². The summed E-state index contributed by atoms with van der Waals surface area (Å²) in [7, 11) is 0. The molecule has 1 heterocycles. The van der Waals surface area contributed by atoms with Crippen molar-refractivity contribution in [2.75, 3.05) is 0 Å². The van der Waals surface area contributed by atoms with Crippen molar-refractivity contribution < 1.29 is 19.5 Å². The van der Waals surface area contributed by atoms with Gasteiger partial charge in [0.2, 0.25) is 11.8 Å². The van der Waals surface area contributed by atoms with Gasteiger partial charge in [0.25, 0.3) is 0 Å². The zero-order valence-corrected chi connectivity index (χ0v) is 5.49. The van der Waals surface area contributed by atoms with E-state index < -0.39 is 17.9 Å². The summed E-state index contributed by atoms with van der Waals surface area (Å²) in [6, 6.07) is 0. The number of imide groups is 1. The SMILES string of the molecule is O=C([O-])NN1C(=O)CCC1=O. The van der Waals surface area contributed by atoms with E-state index >= 15 is 0 Å². The van der Waals surface area contributed by atoms with Gasteiger partial charge in [-0.2, -0.15) is 5.01 Å². The predicted octanol–water partition coefficient (Wildman–Crippen LogP) is -2.02. The highest BCUT2D eigenvalue weighted by atomic mass is 16.4. The Hall–Kier alpha value is -1.59. The van der Waals surface area contributed by atoms with Gasteiger partial charge in [-0.15, -0.1) is 0 Å². The number of hydrogen-bond acceptors (Lipinski definition) is 4. The summed E-state index contributed by atoms with van der Waals surface area (Å²) in [6.07, 6.45) is -1.55. The molecular weight excluding hydrogens is 152 g/mol. The summed E-state index contributed by atoms with van der Waals surface area (Å²) in [5.41, 5.74) is 1.58. The fourth-order valence-electron chi connectivity index (χ4n) is 0.793. The smallest absolute Gasteiger partial charge is 0.248 e. The molecule has 1 aliphatic rings. The molecule has 3 amide bonds. The van der Waals surface area contributed by atoms with Crippen LogP contribution in [-0.4, -0.2) is 22.9 Å². The van der Waals surface area contributed by atoms with Crippen molar-refractivity contribution in [3.63, 3.8) is 0 Å². The molecule has 1 saturated heterocycles. The van der Waals surface area contributed by atoms with Gasteiger partial charge in [-0.1, -0.05) is 0 Å². The highest BCUT2D eigenvalue weighted by molar-refractivity contribution is 6.02. The van der Waals surface area contributed by atoms with Crippen LogP contribution < -0.4 is 10.5 Å². The minimum atomic E-state index is -1.66. The van der Waals surface area contributed by atoms with Crippen molar-refractivity contribution in [3.05, 3.63) is 0 Å². The molecule has 0 aromatic heterocycles. The Balaban J connectivity index is 2.62. The topological polar surface area (TPSA) is 89.5 Å². The number of carbonyl (C=O) groups excluding carboxylic acids is 3. The van der Waals surface area contributed by atoms with Crippen LogP contribution >= 0.6 is 0 Å². The van der Waals surface area contributed by atoms with Gasteiger partial charge in [0.15, 0.2) is 6.09 Å². The lowest BCUT2D eigenvalue weighted by atomic mass is 10.4. The van der Waals surface area contributed by atoms with Gasteiger partial charge in [-0.05, 0) is 0 Å². The quantitative estimate of drug-likeness (QED) is 0.445. The standard InChI is InChI=1S/C5H6N2O4/c8-3-1-2-4(9)7(3)6-5(10)11/h6H,1-2H2,(H,10,11)/p-1. The number of nitrogens with zero attached hydrogens (tertiary/aromatic N) is 1. The first-order chi connectivity index (χ1) is 5.11. The molecule has 0 atom stereocenters. The highest BCUT2D eigenvalue weighted by Gasteiger charge is 2.28. The van der Waals surface area contributed by atoms with Gasteiger partial charge >= 0.3 is 0 Å². The first kappa shape index (κ1) is 7.52. The van der Waals surface area contributed by atoms with Crippen molar-refractivity contribution in [2.45, 2.75) is 12.8 Å². The summed E-state index contributed by atoms with van der Waals surface area (Å²) >= 11 is 0. The molecule has 0 aromatic rings. The molecular formula is C5H5N2O4-. The normalized spacial score (nSPS) is 17.3. The van der Waals surface area contributed by atoms with Crippen molar-refractivity contribution >= 4 is 17.9 Å². The van der Waals surface area contributed by atoms with Crippen LogP contribution in [0.15, 0.2) is 0 Å². The summed E-state index contributed by atoms with van der Waals surface area (Å²) < 4.78 is 0. The first-order valence-corrected chi connectivity index (χ1v) is 2.94.